The van der Waals surface area contributed by atoms with E-state index < -0.39 is 0 Å². The Morgan fingerprint density at radius 2 is 2.25 bits per heavy atom. The first kappa shape index (κ1) is 10.2. The Bertz CT molecular complexity index is 500. The molecule has 0 spiro atoms. The molecular weight excluding hydrogens is 216 g/mol. The Kier molecular flexibility index (Phi) is 2.65. The molecule has 16 heavy (non-hydrogen) atoms. The molecule has 0 bridgehead atoms. The summed E-state index contributed by atoms with van der Waals surface area (Å²) in [5, 5.41) is 1.34. The van der Waals surface area contributed by atoms with Gasteiger partial charge in [-0.05, 0) is 43.9 Å². The van der Waals surface area contributed by atoms with Gasteiger partial charge < -0.3 is 5.73 Å². The fraction of sp³-hybridized carbons (Fsp3) is 0.462. The fourth-order valence-electron chi connectivity index (χ4n) is 2.02. The summed E-state index contributed by atoms with van der Waals surface area (Å²) < 4.78 is 1.34. The highest BCUT2D eigenvalue weighted by Gasteiger charge is 2.27. The van der Waals surface area contributed by atoms with Gasteiger partial charge in [0, 0.05) is 5.92 Å². The predicted octanol–water partition coefficient (Wildman–Crippen LogP) is 3.07. The summed E-state index contributed by atoms with van der Waals surface area (Å²) in [7, 11) is 0. The number of hydrogen-bond acceptors (Lipinski definition) is 3. The quantitative estimate of drug-likeness (QED) is 0.880. The van der Waals surface area contributed by atoms with Crippen LogP contribution in [0, 0.1) is 0 Å². The number of rotatable bonds is 4. The van der Waals surface area contributed by atoms with Gasteiger partial charge in [-0.3, -0.25) is 0 Å². The van der Waals surface area contributed by atoms with Gasteiger partial charge in [0.15, 0.2) is 0 Å². The number of nitrogens with zero attached hydrogens (tertiary/aromatic N) is 1. The van der Waals surface area contributed by atoms with E-state index in [9.17, 15) is 0 Å². The summed E-state index contributed by atoms with van der Waals surface area (Å²) in [6.07, 6.45) is 4.77. The molecule has 2 aromatic rings. The molecule has 0 unspecified atom stereocenters. The van der Waals surface area contributed by atoms with E-state index in [4.69, 9.17) is 10.7 Å². The summed E-state index contributed by atoms with van der Waals surface area (Å²) in [5.41, 5.74) is 8.16. The van der Waals surface area contributed by atoms with Crippen molar-refractivity contribution in [1.29, 1.82) is 0 Å². The standard InChI is InChI=1S/C13H16N2S/c14-8-2-4-9-3-1-5-11-12(9)15-13(16-11)10-6-7-10/h1,3,5,10H,2,4,6-8,14H2. The second-order valence-electron chi connectivity index (χ2n) is 4.48. The van der Waals surface area contributed by atoms with Crippen LogP contribution in [0.4, 0.5) is 0 Å². The molecule has 0 atom stereocenters. The average molecular weight is 232 g/mol. The molecule has 3 heteroatoms. The van der Waals surface area contributed by atoms with Crippen LogP contribution < -0.4 is 5.73 Å². The molecule has 1 aliphatic rings. The van der Waals surface area contributed by atoms with Crippen LogP contribution in [0.15, 0.2) is 18.2 Å². The number of thiazole rings is 1. The van der Waals surface area contributed by atoms with Gasteiger partial charge in [-0.15, -0.1) is 11.3 Å². The Balaban J connectivity index is 1.99. The third-order valence-electron chi connectivity index (χ3n) is 3.10. The smallest absolute Gasteiger partial charge is 0.0969 e. The van der Waals surface area contributed by atoms with Crippen molar-refractivity contribution < 1.29 is 0 Å². The van der Waals surface area contributed by atoms with E-state index in [1.165, 1.54) is 33.6 Å². The molecule has 84 valence electrons. The summed E-state index contributed by atoms with van der Waals surface area (Å²) in [6, 6.07) is 6.52. The van der Waals surface area contributed by atoms with Crippen LogP contribution in [-0.2, 0) is 6.42 Å². The van der Waals surface area contributed by atoms with Crippen molar-refractivity contribution in [3.05, 3.63) is 28.8 Å². The highest BCUT2D eigenvalue weighted by molar-refractivity contribution is 7.18. The SMILES string of the molecule is NCCCc1cccc2sc(C3CC3)nc12. The lowest BCUT2D eigenvalue weighted by molar-refractivity contribution is 0.835. The molecule has 0 amide bonds. The largest absolute Gasteiger partial charge is 0.330 e. The van der Waals surface area contributed by atoms with E-state index in [1.54, 1.807) is 0 Å². The van der Waals surface area contributed by atoms with Crippen molar-refractivity contribution in [2.24, 2.45) is 5.73 Å². The number of aromatic nitrogens is 1. The van der Waals surface area contributed by atoms with Crippen LogP contribution >= 0.6 is 11.3 Å². The molecule has 2 N–H and O–H groups in total. The molecule has 1 aliphatic carbocycles. The Hall–Kier alpha value is -0.930. The average Bonchev–Trinajstić information content (AvgIpc) is 3.06. The van der Waals surface area contributed by atoms with Crippen LogP contribution in [0.3, 0.4) is 0 Å². The van der Waals surface area contributed by atoms with Crippen LogP contribution in [0.2, 0.25) is 0 Å². The van der Waals surface area contributed by atoms with Gasteiger partial charge >= 0.3 is 0 Å². The van der Waals surface area contributed by atoms with Crippen LogP contribution in [0.5, 0.6) is 0 Å². The minimum absolute atomic E-state index is 0.760. The monoisotopic (exact) mass is 232 g/mol. The minimum Gasteiger partial charge on any atom is -0.330 e. The number of fused-ring (bicyclic) bond motifs is 1. The topological polar surface area (TPSA) is 38.9 Å². The first-order valence-electron chi connectivity index (χ1n) is 5.97. The molecule has 1 aromatic carbocycles. The van der Waals surface area contributed by atoms with Gasteiger partial charge in [-0.1, -0.05) is 12.1 Å². The first-order chi connectivity index (χ1) is 7.88. The molecule has 2 nitrogen and oxygen atoms in total. The van der Waals surface area contributed by atoms with Gasteiger partial charge in [-0.2, -0.15) is 0 Å². The third-order valence-corrected chi connectivity index (χ3v) is 4.28. The number of para-hydroxylation sites is 1. The van der Waals surface area contributed by atoms with Gasteiger partial charge in [0.1, 0.15) is 0 Å². The number of nitrogens with two attached hydrogens (primary N) is 1. The maximum atomic E-state index is 5.57. The predicted molar refractivity (Wildman–Crippen MR) is 69.0 cm³/mol. The highest BCUT2D eigenvalue weighted by atomic mass is 32.1. The van der Waals surface area contributed by atoms with Gasteiger partial charge in [-0.25, -0.2) is 4.98 Å². The van der Waals surface area contributed by atoms with Crippen LogP contribution in [-0.4, -0.2) is 11.5 Å². The van der Waals surface area contributed by atoms with Gasteiger partial charge in [0.25, 0.3) is 0 Å². The molecule has 1 heterocycles. The molecular formula is C13H16N2S. The van der Waals surface area contributed by atoms with Crippen molar-refractivity contribution in [1.82, 2.24) is 4.98 Å². The summed E-state index contributed by atoms with van der Waals surface area (Å²) in [5.74, 6) is 0.764. The number of benzene rings is 1. The maximum Gasteiger partial charge on any atom is 0.0969 e. The van der Waals surface area contributed by atoms with E-state index in [2.05, 4.69) is 18.2 Å². The minimum atomic E-state index is 0.760. The van der Waals surface area contributed by atoms with E-state index in [1.807, 2.05) is 11.3 Å². The Morgan fingerprint density at radius 3 is 3.00 bits per heavy atom. The van der Waals surface area contributed by atoms with Gasteiger partial charge in [0.05, 0.1) is 15.2 Å². The molecule has 3 rings (SSSR count). The summed E-state index contributed by atoms with van der Waals surface area (Å²) >= 11 is 1.87. The lowest BCUT2D eigenvalue weighted by atomic mass is 10.1. The molecule has 0 aliphatic heterocycles. The first-order valence-corrected chi connectivity index (χ1v) is 6.78. The van der Waals surface area contributed by atoms with Crippen molar-refractivity contribution in [2.75, 3.05) is 6.54 Å². The van der Waals surface area contributed by atoms with Crippen molar-refractivity contribution in [3.8, 4) is 0 Å². The zero-order valence-corrected chi connectivity index (χ0v) is 10.1. The normalized spacial score (nSPS) is 15.8. The summed E-state index contributed by atoms with van der Waals surface area (Å²) in [4.78, 5) is 4.81. The second kappa shape index (κ2) is 4.15. The molecule has 1 aromatic heterocycles. The second-order valence-corrected chi connectivity index (χ2v) is 5.54. The highest BCUT2D eigenvalue weighted by Crippen LogP contribution is 2.43. The number of hydrogen-bond donors (Lipinski definition) is 1. The lowest BCUT2D eigenvalue weighted by Crippen LogP contribution is -2.00. The van der Waals surface area contributed by atoms with E-state index in [-0.39, 0.29) is 0 Å². The van der Waals surface area contributed by atoms with E-state index >= 15 is 0 Å². The molecule has 1 saturated carbocycles. The van der Waals surface area contributed by atoms with Crippen molar-refractivity contribution in [3.63, 3.8) is 0 Å². The molecule has 0 radical (unpaired) electrons. The van der Waals surface area contributed by atoms with E-state index in [0.29, 0.717) is 0 Å². The Morgan fingerprint density at radius 1 is 1.38 bits per heavy atom. The van der Waals surface area contributed by atoms with Crippen molar-refractivity contribution >= 4 is 21.6 Å². The molecule has 1 fully saturated rings. The zero-order valence-electron chi connectivity index (χ0n) is 9.28. The van der Waals surface area contributed by atoms with Crippen LogP contribution in [0.25, 0.3) is 10.2 Å². The fourth-order valence-corrected chi connectivity index (χ4v) is 3.21. The third kappa shape index (κ3) is 1.85. The van der Waals surface area contributed by atoms with Crippen molar-refractivity contribution in [2.45, 2.75) is 31.6 Å². The van der Waals surface area contributed by atoms with Crippen LogP contribution in [0.1, 0.15) is 35.8 Å². The Labute approximate surface area is 99.5 Å². The lowest BCUT2D eigenvalue weighted by Gasteiger charge is -1.99. The molecule has 0 saturated heterocycles. The zero-order chi connectivity index (χ0) is 11.0. The van der Waals surface area contributed by atoms with E-state index in [0.717, 1.165) is 25.3 Å². The number of aryl methyl sites for hydroxylation is 1. The maximum absolute atomic E-state index is 5.57. The van der Waals surface area contributed by atoms with Gasteiger partial charge in [0.2, 0.25) is 0 Å². The summed E-state index contributed by atoms with van der Waals surface area (Å²) in [6.45, 7) is 0.760.